The molecule has 2 rings (SSSR count). The van der Waals surface area contributed by atoms with E-state index in [9.17, 15) is 8.78 Å². The van der Waals surface area contributed by atoms with Gasteiger partial charge in [-0.15, -0.1) is 24.0 Å². The smallest absolute Gasteiger partial charge is 0.193 e. The molecule has 0 spiro atoms. The number of guanidine groups is 1. The fourth-order valence-electron chi connectivity index (χ4n) is 3.19. The summed E-state index contributed by atoms with van der Waals surface area (Å²) in [4.78, 5) is 8.34. The number of likely N-dealkylation sites (tertiary alicyclic amines) is 1. The van der Waals surface area contributed by atoms with Crippen molar-refractivity contribution in [2.24, 2.45) is 10.4 Å². The number of halogens is 3. The quantitative estimate of drug-likeness (QED) is 0.419. The van der Waals surface area contributed by atoms with Crippen LogP contribution in [0.2, 0.25) is 0 Å². The Morgan fingerprint density at radius 2 is 1.92 bits per heavy atom. The molecular formula is C18H29F2IN4. The summed E-state index contributed by atoms with van der Waals surface area (Å²) in [5, 5.41) is 3.28. The van der Waals surface area contributed by atoms with Gasteiger partial charge in [0.25, 0.3) is 0 Å². The molecule has 4 nitrogen and oxygen atoms in total. The Bertz CT molecular complexity index is 584. The maximum Gasteiger partial charge on any atom is 0.193 e. The molecule has 1 aliphatic heterocycles. The van der Waals surface area contributed by atoms with E-state index in [1.54, 1.807) is 7.05 Å². The lowest BCUT2D eigenvalue weighted by Crippen LogP contribution is -2.44. The van der Waals surface area contributed by atoms with E-state index >= 15 is 0 Å². The van der Waals surface area contributed by atoms with Crippen molar-refractivity contribution in [3.63, 3.8) is 0 Å². The minimum Gasteiger partial charge on any atom is -0.354 e. The number of hydrogen-bond acceptors (Lipinski definition) is 2. The lowest BCUT2D eigenvalue weighted by molar-refractivity contribution is 0.279. The van der Waals surface area contributed by atoms with E-state index in [1.165, 1.54) is 18.2 Å². The van der Waals surface area contributed by atoms with Gasteiger partial charge in [0.2, 0.25) is 0 Å². The Labute approximate surface area is 166 Å². The van der Waals surface area contributed by atoms with Crippen LogP contribution >= 0.6 is 24.0 Å². The normalized spacial score (nSPS) is 18.2. The highest BCUT2D eigenvalue weighted by molar-refractivity contribution is 14.0. The molecule has 25 heavy (non-hydrogen) atoms. The fraction of sp³-hybridized carbons (Fsp3) is 0.611. The standard InChI is InChI=1S/C18H28F2N4.HI/c1-18(2)9-10-24(12-18)17(21-3)22-11-15(23(4)5)16-13(19)7-6-8-14(16)20;/h6-8,15H,9-12H2,1-5H3,(H,21,22);1H. The molecule has 1 N–H and O–H groups in total. The van der Waals surface area contributed by atoms with Crippen LogP contribution < -0.4 is 5.32 Å². The molecule has 1 atom stereocenters. The summed E-state index contributed by atoms with van der Waals surface area (Å²) < 4.78 is 28.3. The minimum atomic E-state index is -0.521. The molecule has 0 radical (unpaired) electrons. The van der Waals surface area contributed by atoms with Crippen LogP contribution in [0.4, 0.5) is 8.78 Å². The first-order chi connectivity index (χ1) is 11.2. The monoisotopic (exact) mass is 466 g/mol. The van der Waals surface area contributed by atoms with Crippen molar-refractivity contribution in [2.75, 3.05) is 40.8 Å². The van der Waals surface area contributed by atoms with Crippen molar-refractivity contribution in [2.45, 2.75) is 26.3 Å². The summed E-state index contributed by atoms with van der Waals surface area (Å²) in [5.74, 6) is -0.259. The van der Waals surface area contributed by atoms with Crippen LogP contribution in [-0.4, -0.2) is 56.5 Å². The van der Waals surface area contributed by atoms with Gasteiger partial charge in [0, 0.05) is 32.2 Å². The van der Waals surface area contributed by atoms with Crippen LogP contribution in [0.3, 0.4) is 0 Å². The van der Waals surface area contributed by atoms with Gasteiger partial charge in [-0.1, -0.05) is 19.9 Å². The number of rotatable bonds is 4. The zero-order valence-corrected chi connectivity index (χ0v) is 18.0. The summed E-state index contributed by atoms with van der Waals surface area (Å²) in [7, 11) is 5.38. The van der Waals surface area contributed by atoms with Crippen LogP contribution in [0.5, 0.6) is 0 Å². The molecule has 1 saturated heterocycles. The third-order valence-electron chi connectivity index (χ3n) is 4.60. The van der Waals surface area contributed by atoms with E-state index in [1.807, 2.05) is 19.0 Å². The summed E-state index contributed by atoms with van der Waals surface area (Å²) in [6, 6.07) is 3.57. The molecule has 0 saturated carbocycles. The Morgan fingerprint density at radius 3 is 2.36 bits per heavy atom. The minimum absolute atomic E-state index is 0. The summed E-state index contributed by atoms with van der Waals surface area (Å²) >= 11 is 0. The van der Waals surface area contributed by atoms with Gasteiger partial charge in [-0.05, 0) is 38.1 Å². The molecular weight excluding hydrogens is 437 g/mol. The van der Waals surface area contributed by atoms with Crippen LogP contribution in [0.25, 0.3) is 0 Å². The van der Waals surface area contributed by atoms with E-state index in [-0.39, 0.29) is 35.0 Å². The van der Waals surface area contributed by atoms with Crippen molar-refractivity contribution >= 4 is 29.9 Å². The Kier molecular flexibility index (Phi) is 8.05. The average Bonchev–Trinajstić information content (AvgIpc) is 2.85. The van der Waals surface area contributed by atoms with Crippen LogP contribution in [0.1, 0.15) is 31.9 Å². The topological polar surface area (TPSA) is 30.9 Å². The Morgan fingerprint density at radius 1 is 1.32 bits per heavy atom. The largest absolute Gasteiger partial charge is 0.354 e. The first-order valence-corrected chi connectivity index (χ1v) is 8.31. The molecule has 0 aromatic heterocycles. The molecule has 1 aromatic carbocycles. The Hall–Kier alpha value is -0.960. The zero-order chi connectivity index (χ0) is 17.9. The van der Waals surface area contributed by atoms with Gasteiger partial charge in [-0.25, -0.2) is 8.78 Å². The molecule has 1 aliphatic rings. The summed E-state index contributed by atoms with van der Waals surface area (Å²) in [6.45, 7) is 6.71. The zero-order valence-electron chi connectivity index (χ0n) is 15.6. The van der Waals surface area contributed by atoms with Crippen LogP contribution in [0.15, 0.2) is 23.2 Å². The van der Waals surface area contributed by atoms with Crippen molar-refractivity contribution in [3.8, 4) is 0 Å². The Balaban J connectivity index is 0.00000312. The predicted molar refractivity (Wildman–Crippen MR) is 110 cm³/mol. The van der Waals surface area contributed by atoms with E-state index in [0.717, 1.165) is 25.5 Å². The number of likely N-dealkylation sites (N-methyl/N-ethyl adjacent to an activating group) is 1. The van der Waals surface area contributed by atoms with Gasteiger partial charge in [0.1, 0.15) is 11.6 Å². The summed E-state index contributed by atoms with van der Waals surface area (Å²) in [5.41, 5.74) is 0.350. The maximum atomic E-state index is 14.1. The third kappa shape index (κ3) is 5.51. The molecule has 1 heterocycles. The molecule has 0 aliphatic carbocycles. The number of nitrogens with zero attached hydrogens (tertiary/aromatic N) is 3. The number of nitrogens with one attached hydrogen (secondary N) is 1. The fourth-order valence-corrected chi connectivity index (χ4v) is 3.19. The first kappa shape index (κ1) is 22.1. The van der Waals surface area contributed by atoms with E-state index in [2.05, 4.69) is 29.1 Å². The van der Waals surface area contributed by atoms with Gasteiger partial charge in [0.15, 0.2) is 5.96 Å². The third-order valence-corrected chi connectivity index (χ3v) is 4.60. The van der Waals surface area contributed by atoms with Crippen LogP contribution in [-0.2, 0) is 0 Å². The second-order valence-electron chi connectivity index (χ2n) is 7.38. The van der Waals surface area contributed by atoms with Crippen molar-refractivity contribution < 1.29 is 8.78 Å². The van der Waals surface area contributed by atoms with Gasteiger partial charge in [-0.3, -0.25) is 4.99 Å². The van der Waals surface area contributed by atoms with E-state index < -0.39 is 17.7 Å². The molecule has 142 valence electrons. The molecule has 1 aromatic rings. The molecule has 1 fully saturated rings. The van der Waals surface area contributed by atoms with Gasteiger partial charge >= 0.3 is 0 Å². The van der Waals surface area contributed by atoms with E-state index in [0.29, 0.717) is 6.54 Å². The molecule has 1 unspecified atom stereocenters. The average molecular weight is 466 g/mol. The summed E-state index contributed by atoms with van der Waals surface area (Å²) in [6.07, 6.45) is 1.10. The maximum absolute atomic E-state index is 14.1. The lowest BCUT2D eigenvalue weighted by Gasteiger charge is -2.29. The SMILES string of the molecule is CN=C(NCC(c1c(F)cccc1F)N(C)C)N1CCC(C)(C)C1.I. The number of aliphatic imine (C=N–C) groups is 1. The lowest BCUT2D eigenvalue weighted by atomic mass is 9.93. The number of benzene rings is 1. The first-order valence-electron chi connectivity index (χ1n) is 8.31. The highest BCUT2D eigenvalue weighted by atomic mass is 127. The van der Waals surface area contributed by atoms with Crippen molar-refractivity contribution in [3.05, 3.63) is 35.4 Å². The van der Waals surface area contributed by atoms with Gasteiger partial charge in [-0.2, -0.15) is 0 Å². The predicted octanol–water partition coefficient (Wildman–Crippen LogP) is 3.49. The second kappa shape index (κ2) is 9.12. The van der Waals surface area contributed by atoms with Gasteiger partial charge < -0.3 is 15.1 Å². The van der Waals surface area contributed by atoms with Gasteiger partial charge in [0.05, 0.1) is 6.04 Å². The second-order valence-corrected chi connectivity index (χ2v) is 7.38. The molecule has 0 bridgehead atoms. The van der Waals surface area contributed by atoms with Crippen LogP contribution in [0, 0.1) is 17.0 Å². The molecule has 0 amide bonds. The van der Waals surface area contributed by atoms with Crippen molar-refractivity contribution in [1.82, 2.24) is 15.1 Å². The van der Waals surface area contributed by atoms with E-state index in [4.69, 9.17) is 0 Å². The number of hydrogen-bond donors (Lipinski definition) is 1. The molecule has 7 heteroatoms. The highest BCUT2D eigenvalue weighted by Crippen LogP contribution is 2.29. The van der Waals surface area contributed by atoms with Crippen molar-refractivity contribution in [1.29, 1.82) is 0 Å². The highest BCUT2D eigenvalue weighted by Gasteiger charge is 2.31.